The molecule has 1 rings (SSSR count). The van der Waals surface area contributed by atoms with Crippen LogP contribution in [0, 0.1) is 5.92 Å². The van der Waals surface area contributed by atoms with Gasteiger partial charge in [0.15, 0.2) is 0 Å². The Hall–Kier alpha value is -1.20. The van der Waals surface area contributed by atoms with Gasteiger partial charge in [0, 0.05) is 13.1 Å². The van der Waals surface area contributed by atoms with Gasteiger partial charge in [0.05, 0.1) is 19.8 Å². The maximum absolute atomic E-state index is 5.41. The molecule has 0 aliphatic heterocycles. The normalized spacial score (nSPS) is 11.1. The molecule has 0 unspecified atom stereocenters. The SMILES string of the molecule is C=CCCOCCNCc1ncnn1CC(C)C. The average molecular weight is 252 g/mol. The first-order valence-electron chi connectivity index (χ1n) is 6.50. The van der Waals surface area contributed by atoms with Crippen LogP contribution in [0.25, 0.3) is 0 Å². The Morgan fingerprint density at radius 2 is 2.33 bits per heavy atom. The highest BCUT2D eigenvalue weighted by Crippen LogP contribution is 2.00. The molecule has 0 spiro atoms. The molecule has 1 heterocycles. The highest BCUT2D eigenvalue weighted by Gasteiger charge is 2.05. The summed E-state index contributed by atoms with van der Waals surface area (Å²) in [4.78, 5) is 4.25. The third-order valence-electron chi connectivity index (χ3n) is 2.41. The Kier molecular flexibility index (Phi) is 7.29. The van der Waals surface area contributed by atoms with Gasteiger partial charge in [-0.15, -0.1) is 6.58 Å². The third-order valence-corrected chi connectivity index (χ3v) is 2.41. The predicted molar refractivity (Wildman–Crippen MR) is 72.2 cm³/mol. The Balaban J connectivity index is 2.15. The van der Waals surface area contributed by atoms with E-state index < -0.39 is 0 Å². The lowest BCUT2D eigenvalue weighted by Gasteiger charge is -2.09. The van der Waals surface area contributed by atoms with Gasteiger partial charge < -0.3 is 10.1 Å². The summed E-state index contributed by atoms with van der Waals surface area (Å²) >= 11 is 0. The molecule has 5 heteroatoms. The molecule has 0 radical (unpaired) electrons. The van der Waals surface area contributed by atoms with E-state index in [2.05, 4.69) is 35.8 Å². The van der Waals surface area contributed by atoms with Crippen LogP contribution in [0.4, 0.5) is 0 Å². The minimum atomic E-state index is 0.577. The number of hydrogen-bond acceptors (Lipinski definition) is 4. The molecule has 0 fully saturated rings. The lowest BCUT2D eigenvalue weighted by atomic mass is 10.2. The molecule has 0 amide bonds. The average Bonchev–Trinajstić information content (AvgIpc) is 2.75. The molecule has 0 saturated carbocycles. The van der Waals surface area contributed by atoms with E-state index in [1.165, 1.54) is 0 Å². The molecule has 18 heavy (non-hydrogen) atoms. The van der Waals surface area contributed by atoms with Crippen molar-refractivity contribution in [3.8, 4) is 0 Å². The summed E-state index contributed by atoms with van der Waals surface area (Å²) in [5.41, 5.74) is 0. The lowest BCUT2D eigenvalue weighted by Crippen LogP contribution is -2.22. The predicted octanol–water partition coefficient (Wildman–Crippen LogP) is 1.62. The molecule has 0 atom stereocenters. The van der Waals surface area contributed by atoms with E-state index in [0.29, 0.717) is 12.5 Å². The second kappa shape index (κ2) is 8.83. The second-order valence-corrected chi connectivity index (χ2v) is 4.62. The van der Waals surface area contributed by atoms with Crippen molar-refractivity contribution >= 4 is 0 Å². The first kappa shape index (κ1) is 14.9. The van der Waals surface area contributed by atoms with Crippen LogP contribution in [-0.4, -0.2) is 34.5 Å². The Bertz CT molecular complexity index is 335. The quantitative estimate of drug-likeness (QED) is 0.508. The van der Waals surface area contributed by atoms with Gasteiger partial charge in [-0.25, -0.2) is 9.67 Å². The summed E-state index contributed by atoms with van der Waals surface area (Å²) in [6.45, 7) is 11.9. The van der Waals surface area contributed by atoms with E-state index in [9.17, 15) is 0 Å². The smallest absolute Gasteiger partial charge is 0.140 e. The van der Waals surface area contributed by atoms with Crippen LogP contribution in [0.5, 0.6) is 0 Å². The maximum Gasteiger partial charge on any atom is 0.140 e. The summed E-state index contributed by atoms with van der Waals surface area (Å²) in [5.74, 6) is 1.56. The lowest BCUT2D eigenvalue weighted by molar-refractivity contribution is 0.140. The summed E-state index contributed by atoms with van der Waals surface area (Å²) in [6, 6.07) is 0. The molecule has 0 aromatic carbocycles. The fourth-order valence-electron chi connectivity index (χ4n) is 1.54. The van der Waals surface area contributed by atoms with Crippen molar-refractivity contribution in [1.82, 2.24) is 20.1 Å². The van der Waals surface area contributed by atoms with Gasteiger partial charge in [-0.2, -0.15) is 5.10 Å². The van der Waals surface area contributed by atoms with E-state index in [4.69, 9.17) is 4.74 Å². The van der Waals surface area contributed by atoms with Gasteiger partial charge >= 0.3 is 0 Å². The number of ether oxygens (including phenoxy) is 1. The van der Waals surface area contributed by atoms with Gasteiger partial charge in [-0.05, 0) is 12.3 Å². The fourth-order valence-corrected chi connectivity index (χ4v) is 1.54. The zero-order valence-corrected chi connectivity index (χ0v) is 11.4. The first-order valence-corrected chi connectivity index (χ1v) is 6.50. The van der Waals surface area contributed by atoms with Crippen molar-refractivity contribution in [1.29, 1.82) is 0 Å². The number of aromatic nitrogens is 3. The summed E-state index contributed by atoms with van der Waals surface area (Å²) in [6.07, 6.45) is 4.38. The highest BCUT2D eigenvalue weighted by atomic mass is 16.5. The van der Waals surface area contributed by atoms with Gasteiger partial charge in [0.2, 0.25) is 0 Å². The zero-order valence-electron chi connectivity index (χ0n) is 11.4. The summed E-state index contributed by atoms with van der Waals surface area (Å²) in [5, 5.41) is 7.52. The molecular weight excluding hydrogens is 228 g/mol. The summed E-state index contributed by atoms with van der Waals surface area (Å²) in [7, 11) is 0. The zero-order chi connectivity index (χ0) is 13.2. The van der Waals surface area contributed by atoms with E-state index in [-0.39, 0.29) is 0 Å². The van der Waals surface area contributed by atoms with Crippen LogP contribution in [-0.2, 0) is 17.8 Å². The van der Waals surface area contributed by atoms with Gasteiger partial charge in [-0.1, -0.05) is 19.9 Å². The maximum atomic E-state index is 5.41. The van der Waals surface area contributed by atoms with Crippen LogP contribution < -0.4 is 5.32 Å². The van der Waals surface area contributed by atoms with Crippen molar-refractivity contribution in [3.05, 3.63) is 24.8 Å². The molecular formula is C13H24N4O. The minimum Gasteiger partial charge on any atom is -0.380 e. The Morgan fingerprint density at radius 3 is 3.06 bits per heavy atom. The van der Waals surface area contributed by atoms with Gasteiger partial charge in [-0.3, -0.25) is 0 Å². The molecule has 1 N–H and O–H groups in total. The van der Waals surface area contributed by atoms with E-state index >= 15 is 0 Å². The Labute approximate surface area is 109 Å². The van der Waals surface area contributed by atoms with Crippen LogP contribution in [0.3, 0.4) is 0 Å². The van der Waals surface area contributed by atoms with Crippen molar-refractivity contribution in [2.24, 2.45) is 5.92 Å². The summed E-state index contributed by atoms with van der Waals surface area (Å²) < 4.78 is 7.37. The van der Waals surface area contributed by atoms with Gasteiger partial charge in [0.25, 0.3) is 0 Å². The van der Waals surface area contributed by atoms with Crippen LogP contribution in [0.1, 0.15) is 26.1 Å². The van der Waals surface area contributed by atoms with E-state index in [1.54, 1.807) is 6.33 Å². The second-order valence-electron chi connectivity index (χ2n) is 4.62. The minimum absolute atomic E-state index is 0.577. The molecule has 102 valence electrons. The van der Waals surface area contributed by atoms with Gasteiger partial charge in [0.1, 0.15) is 12.2 Å². The van der Waals surface area contributed by atoms with E-state index in [0.717, 1.165) is 38.5 Å². The molecule has 0 aliphatic carbocycles. The van der Waals surface area contributed by atoms with Crippen molar-refractivity contribution in [2.45, 2.75) is 33.4 Å². The molecule has 1 aromatic rings. The number of nitrogens with zero attached hydrogens (tertiary/aromatic N) is 3. The van der Waals surface area contributed by atoms with Crippen molar-refractivity contribution < 1.29 is 4.74 Å². The largest absolute Gasteiger partial charge is 0.380 e. The van der Waals surface area contributed by atoms with Crippen LogP contribution >= 0.6 is 0 Å². The third kappa shape index (κ3) is 5.93. The van der Waals surface area contributed by atoms with Crippen molar-refractivity contribution in [3.63, 3.8) is 0 Å². The van der Waals surface area contributed by atoms with E-state index in [1.807, 2.05) is 10.8 Å². The van der Waals surface area contributed by atoms with Crippen LogP contribution in [0.15, 0.2) is 19.0 Å². The molecule has 1 aromatic heterocycles. The van der Waals surface area contributed by atoms with Crippen LogP contribution in [0.2, 0.25) is 0 Å². The number of rotatable bonds is 10. The molecule has 0 saturated heterocycles. The highest BCUT2D eigenvalue weighted by molar-refractivity contribution is 4.83. The molecule has 0 aliphatic rings. The fraction of sp³-hybridized carbons (Fsp3) is 0.692. The molecule has 0 bridgehead atoms. The molecule has 5 nitrogen and oxygen atoms in total. The standard InChI is InChI=1S/C13H24N4O/c1-4-5-7-18-8-6-14-9-13-15-11-16-17(13)10-12(2)3/h4,11-12,14H,1,5-10H2,2-3H3. The monoisotopic (exact) mass is 252 g/mol. The van der Waals surface area contributed by atoms with Crippen molar-refractivity contribution in [2.75, 3.05) is 19.8 Å². The Morgan fingerprint density at radius 1 is 1.50 bits per heavy atom. The number of nitrogens with one attached hydrogen (secondary N) is 1. The topological polar surface area (TPSA) is 52.0 Å². The first-order chi connectivity index (χ1) is 8.74. The number of hydrogen-bond donors (Lipinski definition) is 1.